The number of fused-ring (bicyclic) bond motifs is 1. The van der Waals surface area contributed by atoms with Crippen LogP contribution < -0.4 is 16.0 Å². The van der Waals surface area contributed by atoms with Crippen molar-refractivity contribution in [3.8, 4) is 0 Å². The molecule has 1 aromatic rings. The topological polar surface area (TPSA) is 62.4 Å². The summed E-state index contributed by atoms with van der Waals surface area (Å²) in [6.07, 6.45) is 0. The summed E-state index contributed by atoms with van der Waals surface area (Å²) in [5.74, 6) is 1.26. The molecular weight excluding hydrogens is 278 g/mol. The van der Waals surface area contributed by atoms with Crippen LogP contribution in [0.2, 0.25) is 0 Å². The molecule has 3 N–H and O–H groups in total. The van der Waals surface area contributed by atoms with Crippen molar-refractivity contribution in [2.45, 2.75) is 32.0 Å². The molecule has 2 amide bonds. The second kappa shape index (κ2) is 6.26. The summed E-state index contributed by atoms with van der Waals surface area (Å²) in [6.45, 7) is 7.05. The molecule has 1 aromatic carbocycles. The van der Waals surface area contributed by atoms with E-state index in [2.05, 4.69) is 16.0 Å². The summed E-state index contributed by atoms with van der Waals surface area (Å²) in [4.78, 5) is 12.1. The first kappa shape index (κ1) is 15.3. The molecule has 1 unspecified atom stereocenters. The Bertz CT molecular complexity index is 508. The lowest BCUT2D eigenvalue weighted by molar-refractivity contribution is 0.0743. The molecule has 5 nitrogen and oxygen atoms in total. The molecule has 1 saturated carbocycles. The molecule has 1 aliphatic carbocycles. The van der Waals surface area contributed by atoms with Crippen molar-refractivity contribution < 1.29 is 9.53 Å². The Balaban J connectivity index is 1.37. The summed E-state index contributed by atoms with van der Waals surface area (Å²) in [7, 11) is 0. The van der Waals surface area contributed by atoms with E-state index in [-0.39, 0.29) is 11.6 Å². The number of rotatable bonds is 6. The van der Waals surface area contributed by atoms with Crippen molar-refractivity contribution in [3.05, 3.63) is 35.9 Å². The summed E-state index contributed by atoms with van der Waals surface area (Å²) >= 11 is 0. The summed E-state index contributed by atoms with van der Waals surface area (Å²) in [5, 5.41) is 9.41. The van der Waals surface area contributed by atoms with Crippen molar-refractivity contribution >= 4 is 6.03 Å². The minimum absolute atomic E-state index is 0.0901. The van der Waals surface area contributed by atoms with Crippen LogP contribution >= 0.6 is 0 Å². The number of hydrogen-bond acceptors (Lipinski definition) is 3. The van der Waals surface area contributed by atoms with Gasteiger partial charge in [-0.05, 0) is 31.2 Å². The molecule has 0 bridgehead atoms. The maximum atomic E-state index is 12.1. The SMILES string of the molecule is CC(C)(COCc1ccccc1)NC(=O)NC1[C@H]2CNC[C@@H]12. The average Bonchev–Trinajstić information content (AvgIpc) is 2.91. The fraction of sp³-hybridized carbons (Fsp3) is 0.588. The fourth-order valence-corrected chi connectivity index (χ4v) is 3.16. The van der Waals surface area contributed by atoms with Gasteiger partial charge in [-0.25, -0.2) is 4.79 Å². The van der Waals surface area contributed by atoms with E-state index in [1.807, 2.05) is 44.2 Å². The third kappa shape index (κ3) is 3.78. The molecule has 0 aromatic heterocycles. The molecule has 0 radical (unpaired) electrons. The first-order chi connectivity index (χ1) is 10.6. The van der Waals surface area contributed by atoms with Crippen LogP contribution in [0.1, 0.15) is 19.4 Å². The molecule has 3 rings (SSSR count). The smallest absolute Gasteiger partial charge is 0.315 e. The highest BCUT2D eigenvalue weighted by molar-refractivity contribution is 5.75. The van der Waals surface area contributed by atoms with Crippen LogP contribution in [-0.2, 0) is 11.3 Å². The van der Waals surface area contributed by atoms with E-state index in [0.29, 0.717) is 31.1 Å². The van der Waals surface area contributed by atoms with Gasteiger partial charge in [-0.2, -0.15) is 0 Å². The molecule has 2 aliphatic rings. The Kier molecular flexibility index (Phi) is 4.36. The number of nitrogens with one attached hydrogen (secondary N) is 3. The van der Waals surface area contributed by atoms with Crippen LogP contribution in [0.25, 0.3) is 0 Å². The molecule has 3 atom stereocenters. The van der Waals surface area contributed by atoms with Crippen molar-refractivity contribution in [2.24, 2.45) is 11.8 Å². The molecule has 22 heavy (non-hydrogen) atoms. The van der Waals surface area contributed by atoms with Gasteiger partial charge in [-0.15, -0.1) is 0 Å². The molecule has 1 heterocycles. The van der Waals surface area contributed by atoms with Gasteiger partial charge in [-0.1, -0.05) is 30.3 Å². The molecule has 0 spiro atoms. The zero-order valence-electron chi connectivity index (χ0n) is 13.3. The van der Waals surface area contributed by atoms with Crippen LogP contribution in [0.15, 0.2) is 30.3 Å². The highest BCUT2D eigenvalue weighted by Gasteiger charge is 2.53. The van der Waals surface area contributed by atoms with Crippen molar-refractivity contribution in [1.29, 1.82) is 0 Å². The maximum Gasteiger partial charge on any atom is 0.315 e. The van der Waals surface area contributed by atoms with E-state index >= 15 is 0 Å². The standard InChI is InChI=1S/C17H25N3O2/c1-17(2,11-22-10-12-6-4-3-5-7-12)20-16(21)19-15-13-8-18-9-14(13)15/h3-7,13-15,18H,8-11H2,1-2H3,(H2,19,20,21)/t13-,14+,15?. The van der Waals surface area contributed by atoms with Gasteiger partial charge >= 0.3 is 6.03 Å². The molecule has 5 heteroatoms. The van der Waals surface area contributed by atoms with Gasteiger partial charge in [0.05, 0.1) is 18.8 Å². The number of urea groups is 1. The minimum Gasteiger partial charge on any atom is -0.374 e. The first-order valence-electron chi connectivity index (χ1n) is 7.96. The first-order valence-corrected chi connectivity index (χ1v) is 7.96. The van der Waals surface area contributed by atoms with Gasteiger partial charge in [0.2, 0.25) is 0 Å². The third-order valence-corrected chi connectivity index (χ3v) is 4.42. The Morgan fingerprint density at radius 1 is 1.27 bits per heavy atom. The number of ether oxygens (including phenoxy) is 1. The zero-order chi connectivity index (χ0) is 15.6. The van der Waals surface area contributed by atoms with Crippen LogP contribution in [0, 0.1) is 11.8 Å². The van der Waals surface area contributed by atoms with Crippen LogP contribution in [0.4, 0.5) is 4.79 Å². The number of amides is 2. The van der Waals surface area contributed by atoms with E-state index in [4.69, 9.17) is 4.74 Å². The van der Waals surface area contributed by atoms with Gasteiger partial charge in [0, 0.05) is 19.1 Å². The lowest BCUT2D eigenvalue weighted by Gasteiger charge is -2.26. The minimum atomic E-state index is -0.388. The Labute approximate surface area is 131 Å². The quantitative estimate of drug-likeness (QED) is 0.746. The average molecular weight is 303 g/mol. The van der Waals surface area contributed by atoms with E-state index < -0.39 is 0 Å². The van der Waals surface area contributed by atoms with Gasteiger partial charge < -0.3 is 20.7 Å². The highest BCUT2D eigenvalue weighted by Crippen LogP contribution is 2.41. The molecule has 2 fully saturated rings. The largest absolute Gasteiger partial charge is 0.374 e. The molecular formula is C17H25N3O2. The summed E-state index contributed by atoms with van der Waals surface area (Å²) in [6, 6.07) is 10.3. The van der Waals surface area contributed by atoms with Crippen LogP contribution in [-0.4, -0.2) is 37.3 Å². The fourth-order valence-electron chi connectivity index (χ4n) is 3.16. The van der Waals surface area contributed by atoms with Crippen LogP contribution in [0.5, 0.6) is 0 Å². The Hall–Kier alpha value is -1.59. The molecule has 1 saturated heterocycles. The van der Waals surface area contributed by atoms with E-state index in [1.54, 1.807) is 0 Å². The highest BCUT2D eigenvalue weighted by atomic mass is 16.5. The predicted octanol–water partition coefficient (Wildman–Crippen LogP) is 1.50. The third-order valence-electron chi connectivity index (χ3n) is 4.42. The zero-order valence-corrected chi connectivity index (χ0v) is 13.3. The van der Waals surface area contributed by atoms with Gasteiger partial charge in [-0.3, -0.25) is 0 Å². The number of carbonyl (C=O) groups is 1. The lowest BCUT2D eigenvalue weighted by Crippen LogP contribution is -2.52. The monoisotopic (exact) mass is 303 g/mol. The van der Waals surface area contributed by atoms with E-state index in [9.17, 15) is 4.79 Å². The number of piperidine rings is 1. The Morgan fingerprint density at radius 2 is 1.95 bits per heavy atom. The summed E-state index contributed by atoms with van der Waals surface area (Å²) in [5.41, 5.74) is 0.752. The van der Waals surface area contributed by atoms with Crippen molar-refractivity contribution in [2.75, 3.05) is 19.7 Å². The van der Waals surface area contributed by atoms with Gasteiger partial charge in [0.1, 0.15) is 0 Å². The van der Waals surface area contributed by atoms with E-state index in [1.165, 1.54) is 0 Å². The van der Waals surface area contributed by atoms with Crippen molar-refractivity contribution in [1.82, 2.24) is 16.0 Å². The Morgan fingerprint density at radius 3 is 2.64 bits per heavy atom. The maximum absolute atomic E-state index is 12.1. The summed E-state index contributed by atoms with van der Waals surface area (Å²) < 4.78 is 5.73. The second-order valence-electron chi connectivity index (χ2n) is 6.97. The second-order valence-corrected chi connectivity index (χ2v) is 6.97. The van der Waals surface area contributed by atoms with Crippen LogP contribution in [0.3, 0.4) is 0 Å². The van der Waals surface area contributed by atoms with Gasteiger partial charge in [0.25, 0.3) is 0 Å². The molecule has 1 aliphatic heterocycles. The lowest BCUT2D eigenvalue weighted by atomic mass is 10.1. The number of hydrogen-bond donors (Lipinski definition) is 3. The molecule has 120 valence electrons. The van der Waals surface area contributed by atoms with E-state index in [0.717, 1.165) is 18.7 Å². The van der Waals surface area contributed by atoms with Gasteiger partial charge in [0.15, 0.2) is 0 Å². The predicted molar refractivity (Wildman–Crippen MR) is 85.5 cm³/mol. The number of benzene rings is 1. The normalized spacial score (nSPS) is 26.4. The van der Waals surface area contributed by atoms with Crippen molar-refractivity contribution in [3.63, 3.8) is 0 Å². The number of carbonyl (C=O) groups excluding carboxylic acids is 1.